The second-order valence-electron chi connectivity index (χ2n) is 3.31. The van der Waals surface area contributed by atoms with Crippen molar-refractivity contribution in [3.05, 3.63) is 29.1 Å². The Morgan fingerprint density at radius 3 is 3.15 bits per heavy atom. The van der Waals surface area contributed by atoms with Crippen LogP contribution < -0.4 is 0 Å². The molecule has 0 aromatic carbocycles. The Morgan fingerprint density at radius 1 is 1.54 bits per heavy atom. The molecule has 0 fully saturated rings. The molecular formula is C10H11NO2. The first-order chi connectivity index (χ1) is 6.31. The third-order valence-electron chi connectivity index (χ3n) is 2.39. The van der Waals surface area contributed by atoms with E-state index in [4.69, 9.17) is 0 Å². The number of hydrogen-bond acceptors (Lipinski definition) is 3. The van der Waals surface area contributed by atoms with Crippen molar-refractivity contribution in [2.75, 3.05) is 0 Å². The number of aliphatic hydroxyl groups excluding tert-OH is 1. The summed E-state index contributed by atoms with van der Waals surface area (Å²) >= 11 is 0. The molecule has 0 spiro atoms. The van der Waals surface area contributed by atoms with Gasteiger partial charge >= 0.3 is 0 Å². The lowest BCUT2D eigenvalue weighted by Gasteiger charge is -2.19. The molecule has 1 aromatic heterocycles. The number of pyridine rings is 1. The number of carbonyl (C=O) groups excluding carboxylic acids is 1. The number of aliphatic hydroxyl groups is 1. The summed E-state index contributed by atoms with van der Waals surface area (Å²) in [5, 5.41) is 9.60. The van der Waals surface area contributed by atoms with Crippen molar-refractivity contribution < 1.29 is 9.90 Å². The molecule has 0 aliphatic heterocycles. The van der Waals surface area contributed by atoms with Gasteiger partial charge in [0, 0.05) is 0 Å². The fourth-order valence-electron chi connectivity index (χ4n) is 1.71. The molecule has 68 valence electrons. The van der Waals surface area contributed by atoms with E-state index >= 15 is 0 Å². The molecule has 1 unspecified atom stereocenters. The summed E-state index contributed by atoms with van der Waals surface area (Å²) in [4.78, 5) is 14.5. The van der Waals surface area contributed by atoms with Gasteiger partial charge in [-0.05, 0) is 30.9 Å². The molecule has 13 heavy (non-hydrogen) atoms. The number of aromatic nitrogens is 1. The molecule has 0 amide bonds. The number of aldehydes is 1. The molecule has 1 aliphatic carbocycles. The van der Waals surface area contributed by atoms with Crippen molar-refractivity contribution in [1.82, 2.24) is 4.98 Å². The van der Waals surface area contributed by atoms with Crippen LogP contribution in [-0.2, 0) is 6.42 Å². The van der Waals surface area contributed by atoms with Gasteiger partial charge in [-0.1, -0.05) is 6.07 Å². The Balaban J connectivity index is 2.46. The SMILES string of the molecule is O=Cc1ccc2c(n1)C(O)CCC2. The smallest absolute Gasteiger partial charge is 0.168 e. The summed E-state index contributed by atoms with van der Waals surface area (Å²) in [6, 6.07) is 3.58. The maximum absolute atomic E-state index is 10.5. The molecule has 0 radical (unpaired) electrons. The Hall–Kier alpha value is -1.22. The van der Waals surface area contributed by atoms with Crippen LogP contribution in [0.15, 0.2) is 12.1 Å². The third-order valence-corrected chi connectivity index (χ3v) is 2.39. The van der Waals surface area contributed by atoms with Gasteiger partial charge in [0.25, 0.3) is 0 Å². The second-order valence-corrected chi connectivity index (χ2v) is 3.31. The van der Waals surface area contributed by atoms with Crippen LogP contribution >= 0.6 is 0 Å². The van der Waals surface area contributed by atoms with Crippen LogP contribution in [0.1, 0.15) is 40.7 Å². The van der Waals surface area contributed by atoms with E-state index in [-0.39, 0.29) is 0 Å². The highest BCUT2D eigenvalue weighted by Gasteiger charge is 2.19. The summed E-state index contributed by atoms with van der Waals surface area (Å²) in [6.07, 6.45) is 2.93. The fraction of sp³-hybridized carbons (Fsp3) is 0.400. The predicted molar refractivity (Wildman–Crippen MR) is 47.5 cm³/mol. The quantitative estimate of drug-likeness (QED) is 0.657. The van der Waals surface area contributed by atoms with E-state index < -0.39 is 6.10 Å². The summed E-state index contributed by atoms with van der Waals surface area (Å²) in [5.41, 5.74) is 2.17. The van der Waals surface area contributed by atoms with Crippen LogP contribution in [0.3, 0.4) is 0 Å². The molecule has 1 aromatic rings. The summed E-state index contributed by atoms with van der Waals surface area (Å²) in [7, 11) is 0. The zero-order valence-corrected chi connectivity index (χ0v) is 7.23. The van der Waals surface area contributed by atoms with E-state index in [9.17, 15) is 9.90 Å². The van der Waals surface area contributed by atoms with Crippen LogP contribution in [0.5, 0.6) is 0 Å². The Morgan fingerprint density at radius 2 is 2.38 bits per heavy atom. The first-order valence-electron chi connectivity index (χ1n) is 4.44. The average Bonchev–Trinajstić information content (AvgIpc) is 2.18. The molecule has 1 N–H and O–H groups in total. The van der Waals surface area contributed by atoms with Crippen molar-refractivity contribution in [3.63, 3.8) is 0 Å². The number of carbonyl (C=O) groups is 1. The van der Waals surface area contributed by atoms with E-state index in [1.807, 2.05) is 6.07 Å². The lowest BCUT2D eigenvalue weighted by molar-refractivity contribution is 0.111. The molecular weight excluding hydrogens is 166 g/mol. The van der Waals surface area contributed by atoms with Crippen LogP contribution in [0.25, 0.3) is 0 Å². The average molecular weight is 177 g/mol. The molecule has 0 saturated heterocycles. The molecule has 0 saturated carbocycles. The van der Waals surface area contributed by atoms with Crippen molar-refractivity contribution in [2.24, 2.45) is 0 Å². The van der Waals surface area contributed by atoms with Crippen LogP contribution in [-0.4, -0.2) is 16.4 Å². The molecule has 2 rings (SSSR count). The second kappa shape index (κ2) is 3.26. The zero-order chi connectivity index (χ0) is 9.26. The number of aryl methyl sites for hydroxylation is 1. The molecule has 3 nitrogen and oxygen atoms in total. The maximum Gasteiger partial charge on any atom is 0.168 e. The van der Waals surface area contributed by atoms with Crippen molar-refractivity contribution in [2.45, 2.75) is 25.4 Å². The Bertz CT molecular complexity index is 336. The van der Waals surface area contributed by atoms with Gasteiger partial charge in [-0.3, -0.25) is 4.79 Å². The van der Waals surface area contributed by atoms with E-state index in [0.29, 0.717) is 17.7 Å². The molecule has 0 bridgehead atoms. The largest absolute Gasteiger partial charge is 0.387 e. The number of hydrogen-bond donors (Lipinski definition) is 1. The van der Waals surface area contributed by atoms with Gasteiger partial charge in [-0.25, -0.2) is 4.98 Å². The summed E-state index contributed by atoms with van der Waals surface area (Å²) in [6.45, 7) is 0. The highest BCUT2D eigenvalue weighted by atomic mass is 16.3. The van der Waals surface area contributed by atoms with Crippen molar-refractivity contribution in [3.8, 4) is 0 Å². The molecule has 1 heterocycles. The minimum absolute atomic E-state index is 0.403. The fourth-order valence-corrected chi connectivity index (χ4v) is 1.71. The van der Waals surface area contributed by atoms with Crippen LogP contribution in [0, 0.1) is 0 Å². The molecule has 1 aliphatic rings. The standard InChI is InChI=1S/C10H11NO2/c12-6-8-5-4-7-2-1-3-9(13)10(7)11-8/h4-6,9,13H,1-3H2. The lowest BCUT2D eigenvalue weighted by atomic mass is 9.93. The van der Waals surface area contributed by atoms with Gasteiger partial charge in [0.2, 0.25) is 0 Å². The van der Waals surface area contributed by atoms with Gasteiger partial charge in [0.15, 0.2) is 6.29 Å². The molecule has 3 heteroatoms. The maximum atomic E-state index is 10.5. The Kier molecular flexibility index (Phi) is 2.10. The van der Waals surface area contributed by atoms with E-state index in [1.54, 1.807) is 6.07 Å². The predicted octanol–water partition coefficient (Wildman–Crippen LogP) is 1.26. The monoisotopic (exact) mass is 177 g/mol. The van der Waals surface area contributed by atoms with Gasteiger partial charge in [0.05, 0.1) is 11.8 Å². The lowest BCUT2D eigenvalue weighted by Crippen LogP contribution is -2.12. The van der Waals surface area contributed by atoms with Crippen LogP contribution in [0.2, 0.25) is 0 Å². The number of nitrogens with zero attached hydrogens (tertiary/aromatic N) is 1. The van der Waals surface area contributed by atoms with Crippen molar-refractivity contribution >= 4 is 6.29 Å². The minimum Gasteiger partial charge on any atom is -0.387 e. The van der Waals surface area contributed by atoms with Gasteiger partial charge in [0.1, 0.15) is 5.69 Å². The minimum atomic E-state index is -0.483. The first-order valence-corrected chi connectivity index (χ1v) is 4.44. The normalized spacial score (nSPS) is 20.8. The number of fused-ring (bicyclic) bond motifs is 1. The third kappa shape index (κ3) is 1.47. The summed E-state index contributed by atoms with van der Waals surface area (Å²) < 4.78 is 0. The van der Waals surface area contributed by atoms with E-state index in [0.717, 1.165) is 24.8 Å². The topological polar surface area (TPSA) is 50.2 Å². The van der Waals surface area contributed by atoms with Crippen molar-refractivity contribution in [1.29, 1.82) is 0 Å². The first kappa shape index (κ1) is 8.38. The van der Waals surface area contributed by atoms with E-state index in [1.165, 1.54) is 0 Å². The van der Waals surface area contributed by atoms with Crippen LogP contribution in [0.4, 0.5) is 0 Å². The molecule has 1 atom stereocenters. The highest BCUT2D eigenvalue weighted by molar-refractivity contribution is 5.71. The summed E-state index contributed by atoms with van der Waals surface area (Å²) in [5.74, 6) is 0. The number of rotatable bonds is 1. The highest BCUT2D eigenvalue weighted by Crippen LogP contribution is 2.27. The van der Waals surface area contributed by atoms with Gasteiger partial charge < -0.3 is 5.11 Å². The van der Waals surface area contributed by atoms with Gasteiger partial charge in [-0.2, -0.15) is 0 Å². The zero-order valence-electron chi connectivity index (χ0n) is 7.23. The Labute approximate surface area is 76.4 Å². The van der Waals surface area contributed by atoms with E-state index in [2.05, 4.69) is 4.98 Å². The van der Waals surface area contributed by atoms with Gasteiger partial charge in [-0.15, -0.1) is 0 Å².